The number of carbonyl (C=O) groups is 1. The van der Waals surface area contributed by atoms with Gasteiger partial charge in [-0.2, -0.15) is 0 Å². The summed E-state index contributed by atoms with van der Waals surface area (Å²) in [5.41, 5.74) is 2.28. The Kier molecular flexibility index (Phi) is 5.36. The van der Waals surface area contributed by atoms with E-state index in [-0.39, 0.29) is 24.7 Å². The summed E-state index contributed by atoms with van der Waals surface area (Å²) in [5, 5.41) is 6.50. The summed E-state index contributed by atoms with van der Waals surface area (Å²) in [6, 6.07) is 8.89. The van der Waals surface area contributed by atoms with E-state index < -0.39 is 11.6 Å². The van der Waals surface area contributed by atoms with Crippen LogP contribution in [0.1, 0.15) is 17.5 Å². The fraction of sp³-hybridized carbons (Fsp3) is 0.158. The predicted octanol–water partition coefficient (Wildman–Crippen LogP) is 4.01. The smallest absolute Gasteiger partial charge is 0.220 e. The zero-order chi connectivity index (χ0) is 18.5. The molecule has 3 aromatic rings. The third kappa shape index (κ3) is 4.50. The largest absolute Gasteiger partial charge is 0.364 e. The number of halogens is 3. The average Bonchev–Trinajstić information content (AvgIpc) is 3.06. The quantitative estimate of drug-likeness (QED) is 0.723. The molecule has 0 unspecified atom stereocenters. The fourth-order valence-electron chi connectivity index (χ4n) is 2.53. The summed E-state index contributed by atoms with van der Waals surface area (Å²) in [7, 11) is 0. The van der Waals surface area contributed by atoms with Gasteiger partial charge in [-0.05, 0) is 48.4 Å². The van der Waals surface area contributed by atoms with Gasteiger partial charge in [0.1, 0.15) is 29.4 Å². The first-order valence-corrected chi connectivity index (χ1v) is 7.92. The van der Waals surface area contributed by atoms with Crippen LogP contribution >= 0.6 is 0 Å². The summed E-state index contributed by atoms with van der Waals surface area (Å²) in [4.78, 5) is 12.0. The predicted molar refractivity (Wildman–Crippen MR) is 88.4 cm³/mol. The number of hydrogen-bond acceptors (Lipinski definition) is 3. The standard InChI is InChI=1S/C19H15F3N2O2/c20-15-4-1-13(2-5-15)19-14(11-26-24-19)3-6-18(25)23-10-12-7-16(21)9-17(22)8-12/h1-2,4-5,7-9,11H,3,6,10H2,(H,23,25). The highest BCUT2D eigenvalue weighted by molar-refractivity contribution is 5.76. The highest BCUT2D eigenvalue weighted by atomic mass is 19.1. The first kappa shape index (κ1) is 17.7. The number of nitrogens with zero attached hydrogens (tertiary/aromatic N) is 1. The number of carbonyl (C=O) groups excluding carboxylic acids is 1. The minimum Gasteiger partial charge on any atom is -0.364 e. The lowest BCUT2D eigenvalue weighted by Crippen LogP contribution is -2.23. The molecule has 7 heteroatoms. The Morgan fingerprint density at radius 1 is 1.00 bits per heavy atom. The summed E-state index contributed by atoms with van der Waals surface area (Å²) < 4.78 is 44.2. The van der Waals surface area contributed by atoms with Crippen molar-refractivity contribution in [3.05, 3.63) is 77.3 Å². The summed E-state index contributed by atoms with van der Waals surface area (Å²) >= 11 is 0. The number of aromatic nitrogens is 1. The summed E-state index contributed by atoms with van der Waals surface area (Å²) in [6.07, 6.45) is 1.95. The first-order valence-electron chi connectivity index (χ1n) is 7.92. The van der Waals surface area contributed by atoms with Crippen LogP contribution in [0.15, 0.2) is 53.3 Å². The molecule has 0 bridgehead atoms. The molecule has 0 spiro atoms. The molecule has 0 aliphatic carbocycles. The van der Waals surface area contributed by atoms with Gasteiger partial charge in [0.05, 0.1) is 0 Å². The van der Waals surface area contributed by atoms with Gasteiger partial charge in [-0.3, -0.25) is 4.79 Å². The molecule has 1 amide bonds. The first-order chi connectivity index (χ1) is 12.5. The Morgan fingerprint density at radius 3 is 2.38 bits per heavy atom. The minimum absolute atomic E-state index is 0.0297. The van der Waals surface area contributed by atoms with E-state index in [9.17, 15) is 18.0 Å². The maximum Gasteiger partial charge on any atom is 0.220 e. The van der Waals surface area contributed by atoms with Gasteiger partial charge in [0, 0.05) is 30.2 Å². The van der Waals surface area contributed by atoms with Crippen LogP contribution in [-0.2, 0) is 17.8 Å². The SMILES string of the molecule is O=C(CCc1conc1-c1ccc(F)cc1)NCc1cc(F)cc(F)c1. The highest BCUT2D eigenvalue weighted by Gasteiger charge is 2.12. The van der Waals surface area contributed by atoms with Crippen LogP contribution in [0.5, 0.6) is 0 Å². The Morgan fingerprint density at radius 2 is 1.69 bits per heavy atom. The molecule has 3 rings (SSSR count). The molecule has 1 aromatic heterocycles. The Hall–Kier alpha value is -3.09. The Labute approximate surface area is 147 Å². The van der Waals surface area contributed by atoms with Crippen molar-refractivity contribution >= 4 is 5.91 Å². The number of nitrogens with one attached hydrogen (secondary N) is 1. The van der Waals surface area contributed by atoms with Crippen molar-refractivity contribution in [3.63, 3.8) is 0 Å². The number of rotatable bonds is 6. The normalized spacial score (nSPS) is 10.7. The van der Waals surface area contributed by atoms with E-state index in [1.807, 2.05) is 0 Å². The van der Waals surface area contributed by atoms with Crippen LogP contribution in [0.4, 0.5) is 13.2 Å². The second-order valence-electron chi connectivity index (χ2n) is 5.75. The van der Waals surface area contributed by atoms with Crippen molar-refractivity contribution in [1.82, 2.24) is 10.5 Å². The fourth-order valence-corrected chi connectivity index (χ4v) is 2.53. The van der Waals surface area contributed by atoms with E-state index in [4.69, 9.17) is 4.52 Å². The van der Waals surface area contributed by atoms with Crippen LogP contribution in [0.25, 0.3) is 11.3 Å². The zero-order valence-corrected chi connectivity index (χ0v) is 13.6. The van der Waals surface area contributed by atoms with Gasteiger partial charge >= 0.3 is 0 Å². The van der Waals surface area contributed by atoms with Crippen LogP contribution < -0.4 is 5.32 Å². The number of benzene rings is 2. The monoisotopic (exact) mass is 360 g/mol. The van der Waals surface area contributed by atoms with Crippen molar-refractivity contribution in [1.29, 1.82) is 0 Å². The van der Waals surface area contributed by atoms with Gasteiger partial charge in [-0.15, -0.1) is 0 Å². The van der Waals surface area contributed by atoms with Gasteiger partial charge in [-0.1, -0.05) is 5.16 Å². The van der Waals surface area contributed by atoms with Crippen molar-refractivity contribution < 1.29 is 22.5 Å². The molecule has 0 atom stereocenters. The molecule has 0 aliphatic heterocycles. The van der Waals surface area contributed by atoms with Crippen molar-refractivity contribution in [3.8, 4) is 11.3 Å². The Bertz CT molecular complexity index is 887. The van der Waals surface area contributed by atoms with Crippen LogP contribution in [0, 0.1) is 17.5 Å². The van der Waals surface area contributed by atoms with Gasteiger partial charge in [0.2, 0.25) is 5.91 Å². The van der Waals surface area contributed by atoms with Crippen molar-refractivity contribution in [2.75, 3.05) is 0 Å². The number of aryl methyl sites for hydroxylation is 1. The summed E-state index contributed by atoms with van der Waals surface area (Å²) in [5.74, 6) is -2.02. The van der Waals surface area contributed by atoms with E-state index in [0.717, 1.165) is 18.2 Å². The van der Waals surface area contributed by atoms with E-state index in [1.54, 1.807) is 12.1 Å². The second-order valence-corrected chi connectivity index (χ2v) is 5.75. The van der Waals surface area contributed by atoms with Crippen molar-refractivity contribution in [2.45, 2.75) is 19.4 Å². The molecular weight excluding hydrogens is 345 g/mol. The van der Waals surface area contributed by atoms with Gasteiger partial charge in [0.15, 0.2) is 0 Å². The summed E-state index contributed by atoms with van der Waals surface area (Å²) in [6.45, 7) is 0.0297. The maximum absolute atomic E-state index is 13.1. The molecule has 0 saturated heterocycles. The topological polar surface area (TPSA) is 55.1 Å². The second kappa shape index (κ2) is 7.86. The molecule has 26 heavy (non-hydrogen) atoms. The molecular formula is C19H15F3N2O2. The Balaban J connectivity index is 1.57. The highest BCUT2D eigenvalue weighted by Crippen LogP contribution is 2.23. The third-order valence-corrected chi connectivity index (χ3v) is 3.79. The van der Waals surface area contributed by atoms with E-state index in [2.05, 4.69) is 10.5 Å². The molecule has 1 heterocycles. The van der Waals surface area contributed by atoms with Crippen LogP contribution in [-0.4, -0.2) is 11.1 Å². The lowest BCUT2D eigenvalue weighted by Gasteiger charge is -2.06. The molecule has 0 radical (unpaired) electrons. The van der Waals surface area contributed by atoms with Gasteiger partial charge in [-0.25, -0.2) is 13.2 Å². The molecule has 4 nitrogen and oxygen atoms in total. The number of hydrogen-bond donors (Lipinski definition) is 1. The molecule has 0 aliphatic rings. The molecule has 2 aromatic carbocycles. The number of amides is 1. The maximum atomic E-state index is 13.1. The zero-order valence-electron chi connectivity index (χ0n) is 13.6. The minimum atomic E-state index is -0.692. The average molecular weight is 360 g/mol. The van der Waals surface area contributed by atoms with Gasteiger partial charge < -0.3 is 9.84 Å². The molecule has 1 N–H and O–H groups in total. The van der Waals surface area contributed by atoms with E-state index >= 15 is 0 Å². The van der Waals surface area contributed by atoms with Gasteiger partial charge in [0.25, 0.3) is 0 Å². The van der Waals surface area contributed by atoms with E-state index in [1.165, 1.54) is 18.4 Å². The van der Waals surface area contributed by atoms with Crippen LogP contribution in [0.3, 0.4) is 0 Å². The lowest BCUT2D eigenvalue weighted by atomic mass is 10.0. The molecule has 0 saturated carbocycles. The third-order valence-electron chi connectivity index (χ3n) is 3.79. The molecule has 134 valence electrons. The van der Waals surface area contributed by atoms with Crippen LogP contribution in [0.2, 0.25) is 0 Å². The molecule has 0 fully saturated rings. The van der Waals surface area contributed by atoms with Crippen molar-refractivity contribution in [2.24, 2.45) is 0 Å². The lowest BCUT2D eigenvalue weighted by molar-refractivity contribution is -0.121. The van der Waals surface area contributed by atoms with E-state index in [0.29, 0.717) is 28.8 Å².